The van der Waals surface area contributed by atoms with Crippen molar-refractivity contribution in [3.8, 4) is 0 Å². The Morgan fingerprint density at radius 1 is 1.14 bits per heavy atom. The molecule has 1 aliphatic rings. The summed E-state index contributed by atoms with van der Waals surface area (Å²) in [5.74, 6) is 0.652. The minimum atomic E-state index is -1.09. The molecule has 0 spiro atoms. The molecule has 36 heavy (non-hydrogen) atoms. The fraction of sp³-hybridized carbons (Fsp3) is 0.435. The van der Waals surface area contributed by atoms with Gasteiger partial charge in [0.15, 0.2) is 0 Å². The Balaban J connectivity index is 1.50. The highest BCUT2D eigenvalue weighted by Gasteiger charge is 2.28. The van der Waals surface area contributed by atoms with E-state index in [1.54, 1.807) is 24.9 Å². The molecule has 194 valence electrons. The maximum atomic E-state index is 12.4. The number of likely N-dealkylation sites (tertiary alicyclic amines) is 1. The van der Waals surface area contributed by atoms with E-state index in [-0.39, 0.29) is 11.9 Å². The molecule has 0 radical (unpaired) electrons. The SMILES string of the molecule is CC(C)(NC(N)=O)C(=O)NCCCNc1nc(Nc2cccc(NC(=O)N3CCCC3)c2)ncc1Br. The van der Waals surface area contributed by atoms with Gasteiger partial charge < -0.3 is 37.2 Å². The van der Waals surface area contributed by atoms with E-state index in [1.165, 1.54) is 0 Å². The second-order valence-corrected chi connectivity index (χ2v) is 9.73. The van der Waals surface area contributed by atoms with Gasteiger partial charge in [0.1, 0.15) is 11.4 Å². The first-order valence-corrected chi connectivity index (χ1v) is 12.5. The summed E-state index contributed by atoms with van der Waals surface area (Å²) in [4.78, 5) is 46.2. The lowest BCUT2D eigenvalue weighted by atomic mass is 10.1. The number of amides is 5. The van der Waals surface area contributed by atoms with Crippen molar-refractivity contribution in [3.63, 3.8) is 0 Å². The van der Waals surface area contributed by atoms with E-state index in [0.29, 0.717) is 41.4 Å². The van der Waals surface area contributed by atoms with Crippen molar-refractivity contribution >= 4 is 57.0 Å². The van der Waals surface area contributed by atoms with Crippen LogP contribution in [0.5, 0.6) is 0 Å². The molecule has 3 rings (SSSR count). The van der Waals surface area contributed by atoms with Gasteiger partial charge in [-0.05, 0) is 67.2 Å². The zero-order valence-electron chi connectivity index (χ0n) is 20.4. The lowest BCUT2D eigenvalue weighted by Crippen LogP contribution is -2.56. The van der Waals surface area contributed by atoms with Crippen molar-refractivity contribution in [1.82, 2.24) is 25.5 Å². The van der Waals surface area contributed by atoms with Gasteiger partial charge >= 0.3 is 12.1 Å². The average Bonchev–Trinajstić information content (AvgIpc) is 3.35. The van der Waals surface area contributed by atoms with Gasteiger partial charge in [-0.15, -0.1) is 0 Å². The lowest BCUT2D eigenvalue weighted by molar-refractivity contribution is -0.126. The topological polar surface area (TPSA) is 166 Å². The summed E-state index contributed by atoms with van der Waals surface area (Å²) in [5.41, 5.74) is 5.43. The number of benzene rings is 1. The largest absolute Gasteiger partial charge is 0.369 e. The number of halogens is 1. The van der Waals surface area contributed by atoms with Gasteiger partial charge in [0, 0.05) is 43.8 Å². The summed E-state index contributed by atoms with van der Waals surface area (Å²) >= 11 is 3.44. The number of rotatable bonds is 10. The van der Waals surface area contributed by atoms with E-state index in [1.807, 2.05) is 24.3 Å². The van der Waals surface area contributed by atoms with E-state index in [0.717, 1.165) is 31.6 Å². The second kappa shape index (κ2) is 12.4. The summed E-state index contributed by atoms with van der Waals surface area (Å²) in [6.07, 6.45) is 4.33. The van der Waals surface area contributed by atoms with Gasteiger partial charge in [-0.2, -0.15) is 4.98 Å². The molecule has 0 saturated carbocycles. The van der Waals surface area contributed by atoms with Crippen molar-refractivity contribution < 1.29 is 14.4 Å². The Morgan fingerprint density at radius 3 is 2.58 bits per heavy atom. The molecule has 1 aromatic heterocycles. The number of aromatic nitrogens is 2. The van der Waals surface area contributed by atoms with E-state index >= 15 is 0 Å². The fourth-order valence-corrected chi connectivity index (χ4v) is 3.89. The zero-order valence-corrected chi connectivity index (χ0v) is 21.9. The molecule has 0 bridgehead atoms. The molecule has 0 atom stereocenters. The van der Waals surface area contributed by atoms with Crippen LogP contribution in [0.4, 0.5) is 32.7 Å². The molecule has 1 aliphatic heterocycles. The van der Waals surface area contributed by atoms with Crippen molar-refractivity contribution in [2.45, 2.75) is 38.6 Å². The number of carbonyl (C=O) groups is 3. The highest BCUT2D eigenvalue weighted by atomic mass is 79.9. The van der Waals surface area contributed by atoms with Crippen molar-refractivity contribution in [1.29, 1.82) is 0 Å². The standard InChI is InChI=1S/C23H32BrN9O3/c1-23(2,32-20(25)35)19(34)27-10-6-9-26-18-17(24)14-28-21(31-18)29-15-7-5-8-16(13-15)30-22(36)33-11-3-4-12-33/h5,7-8,13-14H,3-4,6,9-12H2,1-2H3,(H,27,34)(H,30,36)(H3,25,32,35)(H2,26,28,29,31). The molecule has 1 aromatic carbocycles. The Morgan fingerprint density at radius 2 is 1.86 bits per heavy atom. The van der Waals surface area contributed by atoms with Crippen LogP contribution in [0, 0.1) is 0 Å². The molecule has 0 aliphatic carbocycles. The third-order valence-electron chi connectivity index (χ3n) is 5.44. The first-order chi connectivity index (χ1) is 17.1. The van der Waals surface area contributed by atoms with E-state index in [9.17, 15) is 14.4 Å². The second-order valence-electron chi connectivity index (χ2n) is 8.87. The normalized spacial score (nSPS) is 13.1. The molecular formula is C23H32BrN9O3. The molecule has 13 heteroatoms. The van der Waals surface area contributed by atoms with Crippen LogP contribution in [-0.4, -0.2) is 64.6 Å². The van der Waals surface area contributed by atoms with Crippen molar-refractivity contribution in [2.24, 2.45) is 5.73 Å². The number of urea groups is 2. The van der Waals surface area contributed by atoms with Crippen LogP contribution in [0.2, 0.25) is 0 Å². The third-order valence-corrected chi connectivity index (χ3v) is 6.02. The van der Waals surface area contributed by atoms with Crippen LogP contribution >= 0.6 is 15.9 Å². The first kappa shape index (κ1) is 27.0. The van der Waals surface area contributed by atoms with Crippen molar-refractivity contribution in [2.75, 3.05) is 42.1 Å². The van der Waals surface area contributed by atoms with Crippen LogP contribution in [0.1, 0.15) is 33.1 Å². The predicted molar refractivity (Wildman–Crippen MR) is 142 cm³/mol. The predicted octanol–water partition coefficient (Wildman–Crippen LogP) is 2.98. The highest BCUT2D eigenvalue weighted by Crippen LogP contribution is 2.23. The Bertz CT molecular complexity index is 1090. The van der Waals surface area contributed by atoms with Crippen LogP contribution in [-0.2, 0) is 4.79 Å². The molecule has 1 fully saturated rings. The summed E-state index contributed by atoms with van der Waals surface area (Å²) in [5, 5.41) is 14.5. The summed E-state index contributed by atoms with van der Waals surface area (Å²) in [6.45, 7) is 5.66. The van der Waals surface area contributed by atoms with Crippen LogP contribution in [0.25, 0.3) is 0 Å². The van der Waals surface area contributed by atoms with Gasteiger partial charge in [-0.1, -0.05) is 6.07 Å². The van der Waals surface area contributed by atoms with Gasteiger partial charge in [0.25, 0.3) is 0 Å². The van der Waals surface area contributed by atoms with Crippen molar-refractivity contribution in [3.05, 3.63) is 34.9 Å². The summed E-state index contributed by atoms with van der Waals surface area (Å²) < 4.78 is 0.690. The number of nitrogens with zero attached hydrogens (tertiary/aromatic N) is 3. The van der Waals surface area contributed by atoms with Crippen LogP contribution in [0.15, 0.2) is 34.9 Å². The van der Waals surface area contributed by atoms with Gasteiger partial charge in [-0.3, -0.25) is 4.79 Å². The third kappa shape index (κ3) is 7.97. The van der Waals surface area contributed by atoms with E-state index in [4.69, 9.17) is 5.73 Å². The monoisotopic (exact) mass is 561 g/mol. The minimum absolute atomic E-state index is 0.0973. The molecule has 12 nitrogen and oxygen atoms in total. The van der Waals surface area contributed by atoms with Gasteiger partial charge in [0.2, 0.25) is 11.9 Å². The van der Waals surface area contributed by atoms with E-state index < -0.39 is 11.6 Å². The number of nitrogens with one attached hydrogen (secondary N) is 5. The molecule has 7 N–H and O–H groups in total. The molecule has 2 heterocycles. The maximum absolute atomic E-state index is 12.4. The maximum Gasteiger partial charge on any atom is 0.321 e. The molecular weight excluding hydrogens is 530 g/mol. The fourth-order valence-electron chi connectivity index (χ4n) is 3.56. The summed E-state index contributed by atoms with van der Waals surface area (Å²) in [7, 11) is 0. The number of nitrogens with two attached hydrogens (primary N) is 1. The average molecular weight is 562 g/mol. The molecule has 2 aromatic rings. The number of hydrogen-bond donors (Lipinski definition) is 6. The molecule has 0 unspecified atom stereocenters. The number of carbonyl (C=O) groups excluding carboxylic acids is 3. The molecule has 1 saturated heterocycles. The van der Waals surface area contributed by atoms with Crippen LogP contribution < -0.4 is 32.3 Å². The van der Waals surface area contributed by atoms with Gasteiger partial charge in [-0.25, -0.2) is 14.6 Å². The van der Waals surface area contributed by atoms with E-state index in [2.05, 4.69) is 52.5 Å². The number of hydrogen-bond acceptors (Lipinski definition) is 7. The Hall–Kier alpha value is -3.61. The molecule has 5 amide bonds. The highest BCUT2D eigenvalue weighted by molar-refractivity contribution is 9.10. The Labute approximate surface area is 218 Å². The summed E-state index contributed by atoms with van der Waals surface area (Å²) in [6, 6.07) is 6.51. The number of primary amides is 1. The smallest absolute Gasteiger partial charge is 0.321 e. The number of anilines is 4. The first-order valence-electron chi connectivity index (χ1n) is 11.7. The zero-order chi connectivity index (χ0) is 26.1. The lowest BCUT2D eigenvalue weighted by Gasteiger charge is -2.23. The minimum Gasteiger partial charge on any atom is -0.369 e. The van der Waals surface area contributed by atoms with Crippen LogP contribution in [0.3, 0.4) is 0 Å². The Kier molecular flexibility index (Phi) is 9.28. The van der Waals surface area contributed by atoms with Gasteiger partial charge in [0.05, 0.1) is 4.47 Å². The quantitative estimate of drug-likeness (QED) is 0.242.